The molecule has 1 aromatic carbocycles. The van der Waals surface area contributed by atoms with Crippen molar-refractivity contribution in [3.8, 4) is 5.75 Å². The smallest absolute Gasteiger partial charge is 0.406 e. The number of ether oxygens (including phenoxy) is 1. The van der Waals surface area contributed by atoms with Gasteiger partial charge in [0.05, 0.1) is 11.5 Å². The lowest BCUT2D eigenvalue weighted by molar-refractivity contribution is -0.274. The van der Waals surface area contributed by atoms with Crippen molar-refractivity contribution in [3.63, 3.8) is 0 Å². The van der Waals surface area contributed by atoms with E-state index in [1.807, 2.05) is 0 Å². The van der Waals surface area contributed by atoms with Gasteiger partial charge in [-0.05, 0) is 35.9 Å². The maximum Gasteiger partial charge on any atom is 0.573 e. The number of carbonyl (C=O) groups excluding carboxylic acids is 1. The highest BCUT2D eigenvalue weighted by Crippen LogP contribution is 2.29. The van der Waals surface area contributed by atoms with Crippen LogP contribution in [0.15, 0.2) is 54.3 Å². The molecular weight excluding hydrogens is 449 g/mol. The summed E-state index contributed by atoms with van der Waals surface area (Å²) < 4.78 is 61.9. The number of hydroxylamine groups is 1. The lowest BCUT2D eigenvalue weighted by atomic mass is 10.0. The average Bonchev–Trinajstić information content (AvgIpc) is 2.94. The van der Waals surface area contributed by atoms with E-state index in [2.05, 4.69) is 22.0 Å². The minimum absolute atomic E-state index is 0.258. The van der Waals surface area contributed by atoms with Crippen molar-refractivity contribution >= 4 is 21.3 Å². The summed E-state index contributed by atoms with van der Waals surface area (Å²) in [7, 11) is -2.67. The van der Waals surface area contributed by atoms with Gasteiger partial charge in [-0.3, -0.25) is 4.79 Å². The van der Waals surface area contributed by atoms with E-state index in [1.165, 1.54) is 24.3 Å². The Kier molecular flexibility index (Phi) is 7.29. The molecule has 2 aliphatic heterocycles. The SMILES string of the molecule is CCN1CCS(=O)(=O)CC1.O=C1NOC2=CC=C(c3ccc(OC(F)(F)F)cc3)C=CC12. The number of fused-ring (bicyclic) bond motifs is 1. The molecule has 0 saturated carbocycles. The monoisotopic (exact) mass is 472 g/mol. The number of benzene rings is 1. The van der Waals surface area contributed by atoms with Crippen LogP contribution in [0.1, 0.15) is 12.5 Å². The molecule has 1 aliphatic carbocycles. The first-order valence-electron chi connectivity index (χ1n) is 9.92. The van der Waals surface area contributed by atoms with Crippen LogP contribution in [0.2, 0.25) is 0 Å². The third kappa shape index (κ3) is 6.60. The zero-order valence-corrected chi connectivity index (χ0v) is 18.1. The van der Waals surface area contributed by atoms with Crippen molar-refractivity contribution in [2.24, 2.45) is 5.92 Å². The van der Waals surface area contributed by atoms with E-state index in [-0.39, 0.29) is 11.7 Å². The quantitative estimate of drug-likeness (QED) is 0.729. The Labute approximate surface area is 184 Å². The highest BCUT2D eigenvalue weighted by molar-refractivity contribution is 7.91. The topological polar surface area (TPSA) is 84.9 Å². The Balaban J connectivity index is 0.000000243. The fraction of sp³-hybridized carbons (Fsp3) is 0.381. The molecule has 1 atom stereocenters. The van der Waals surface area contributed by atoms with Crippen molar-refractivity contribution in [2.45, 2.75) is 13.3 Å². The average molecular weight is 472 g/mol. The molecule has 7 nitrogen and oxygen atoms in total. The lowest BCUT2D eigenvalue weighted by Gasteiger charge is -2.24. The number of hydrogen-bond donors (Lipinski definition) is 1. The fourth-order valence-electron chi connectivity index (χ4n) is 3.22. The maximum atomic E-state index is 12.1. The Bertz CT molecular complexity index is 1020. The zero-order valence-electron chi connectivity index (χ0n) is 17.3. The predicted molar refractivity (Wildman–Crippen MR) is 112 cm³/mol. The van der Waals surface area contributed by atoms with E-state index < -0.39 is 22.1 Å². The summed E-state index contributed by atoms with van der Waals surface area (Å²) in [6, 6.07) is 5.49. The maximum absolute atomic E-state index is 12.1. The molecule has 1 amide bonds. The third-order valence-electron chi connectivity index (χ3n) is 5.06. The van der Waals surface area contributed by atoms with Gasteiger partial charge in [0.15, 0.2) is 9.84 Å². The molecule has 2 saturated heterocycles. The second kappa shape index (κ2) is 9.78. The van der Waals surface area contributed by atoms with Crippen LogP contribution in [0.3, 0.4) is 0 Å². The van der Waals surface area contributed by atoms with Crippen LogP contribution < -0.4 is 10.2 Å². The lowest BCUT2D eigenvalue weighted by Crippen LogP contribution is -2.39. The fourth-order valence-corrected chi connectivity index (χ4v) is 4.50. The molecule has 0 bridgehead atoms. The van der Waals surface area contributed by atoms with Crippen molar-refractivity contribution in [1.82, 2.24) is 10.4 Å². The summed E-state index contributed by atoms with van der Waals surface area (Å²) in [5.41, 5.74) is 3.71. The molecule has 3 aliphatic rings. The predicted octanol–water partition coefficient (Wildman–Crippen LogP) is 2.84. The van der Waals surface area contributed by atoms with E-state index in [0.29, 0.717) is 22.8 Å². The highest BCUT2D eigenvalue weighted by Gasteiger charge is 2.31. The Hall–Kier alpha value is -2.79. The number of halogens is 3. The minimum atomic E-state index is -4.71. The van der Waals surface area contributed by atoms with Crippen LogP contribution in [0.5, 0.6) is 5.75 Å². The Morgan fingerprint density at radius 3 is 2.41 bits per heavy atom. The number of alkyl halides is 3. The van der Waals surface area contributed by atoms with Crippen LogP contribution in [-0.4, -0.2) is 56.7 Å². The molecule has 11 heteroatoms. The first kappa shape index (κ1) is 23.9. The van der Waals surface area contributed by atoms with Gasteiger partial charge >= 0.3 is 6.36 Å². The van der Waals surface area contributed by atoms with Crippen molar-refractivity contribution in [1.29, 1.82) is 0 Å². The molecule has 2 heterocycles. The number of allylic oxidation sites excluding steroid dienone is 4. The number of amides is 1. The van der Waals surface area contributed by atoms with E-state index in [4.69, 9.17) is 4.84 Å². The van der Waals surface area contributed by atoms with Crippen molar-refractivity contribution in [3.05, 3.63) is 59.9 Å². The molecule has 1 unspecified atom stereocenters. The van der Waals surface area contributed by atoms with Gasteiger partial charge in [0.1, 0.15) is 17.4 Å². The summed E-state index contributed by atoms with van der Waals surface area (Å²) in [6.07, 6.45) is 2.06. The number of carbonyl (C=O) groups is 1. The van der Waals surface area contributed by atoms with Crippen LogP contribution in [0.25, 0.3) is 5.57 Å². The molecule has 1 N–H and O–H groups in total. The summed E-state index contributed by atoms with van der Waals surface area (Å²) >= 11 is 0. The van der Waals surface area contributed by atoms with Gasteiger partial charge in [-0.1, -0.05) is 37.3 Å². The number of sulfone groups is 1. The number of nitrogens with one attached hydrogen (secondary N) is 1. The first-order chi connectivity index (χ1) is 15.1. The van der Waals surface area contributed by atoms with Gasteiger partial charge < -0.3 is 14.5 Å². The van der Waals surface area contributed by atoms with E-state index in [1.54, 1.807) is 24.3 Å². The molecular formula is C21H23F3N2O5S. The molecule has 0 spiro atoms. The molecule has 2 fully saturated rings. The second-order valence-corrected chi connectivity index (χ2v) is 9.56. The highest BCUT2D eigenvalue weighted by atomic mass is 32.2. The zero-order chi connectivity index (χ0) is 23.4. The number of nitrogens with zero attached hydrogens (tertiary/aromatic N) is 1. The number of rotatable bonds is 3. The van der Waals surface area contributed by atoms with E-state index in [9.17, 15) is 26.4 Å². The summed E-state index contributed by atoms with van der Waals surface area (Å²) in [5.74, 6) is 0.148. The van der Waals surface area contributed by atoms with Gasteiger partial charge in [0, 0.05) is 13.1 Å². The van der Waals surface area contributed by atoms with Gasteiger partial charge in [0.25, 0.3) is 5.91 Å². The van der Waals surface area contributed by atoms with Gasteiger partial charge in [-0.15, -0.1) is 13.2 Å². The minimum Gasteiger partial charge on any atom is -0.406 e. The normalized spacial score (nSPS) is 22.2. The molecule has 32 heavy (non-hydrogen) atoms. The van der Waals surface area contributed by atoms with Gasteiger partial charge in [-0.25, -0.2) is 8.42 Å². The Morgan fingerprint density at radius 2 is 1.81 bits per heavy atom. The van der Waals surface area contributed by atoms with E-state index in [0.717, 1.165) is 25.2 Å². The van der Waals surface area contributed by atoms with Crippen molar-refractivity contribution < 1.29 is 36.0 Å². The molecule has 1 aromatic rings. The molecule has 4 rings (SSSR count). The molecule has 0 radical (unpaired) electrons. The number of hydrogen-bond acceptors (Lipinski definition) is 6. The molecule has 174 valence electrons. The summed E-state index contributed by atoms with van der Waals surface area (Å²) in [4.78, 5) is 18.7. The summed E-state index contributed by atoms with van der Waals surface area (Å²) in [5, 5.41) is 0. The first-order valence-corrected chi connectivity index (χ1v) is 11.7. The van der Waals surface area contributed by atoms with Crippen LogP contribution in [-0.2, 0) is 19.5 Å². The Morgan fingerprint density at radius 1 is 1.16 bits per heavy atom. The second-order valence-electron chi connectivity index (χ2n) is 7.25. The third-order valence-corrected chi connectivity index (χ3v) is 6.67. The van der Waals surface area contributed by atoms with Crippen LogP contribution in [0.4, 0.5) is 13.2 Å². The standard InChI is InChI=1S/C15H10F3NO3.C6H13NO2S/c16-15(17,18)21-11-5-1-9(2-6-11)10-3-7-12-13(8-4-10)22-19-14(12)20;1-2-7-3-5-10(8,9)6-4-7/h1-8,12H,(H,19,20);2-6H2,1H3. The van der Waals surface area contributed by atoms with Gasteiger partial charge in [0.2, 0.25) is 0 Å². The van der Waals surface area contributed by atoms with Crippen LogP contribution >= 0.6 is 0 Å². The summed E-state index contributed by atoms with van der Waals surface area (Å²) in [6.45, 7) is 4.46. The van der Waals surface area contributed by atoms with E-state index >= 15 is 0 Å². The van der Waals surface area contributed by atoms with Gasteiger partial charge in [-0.2, -0.15) is 5.48 Å². The largest absolute Gasteiger partial charge is 0.573 e. The van der Waals surface area contributed by atoms with Crippen LogP contribution in [0, 0.1) is 5.92 Å². The molecule has 0 aromatic heterocycles. The van der Waals surface area contributed by atoms with Crippen molar-refractivity contribution in [2.75, 3.05) is 31.1 Å².